The Bertz CT molecular complexity index is 955. The second kappa shape index (κ2) is 5.91. The molecule has 0 saturated heterocycles. The Hall–Kier alpha value is -2.98. The molecule has 1 heterocycles. The van der Waals surface area contributed by atoms with Crippen LogP contribution in [0.2, 0.25) is 0 Å². The second-order valence-corrected chi connectivity index (χ2v) is 6.18. The molecule has 2 aromatic carbocycles. The molecule has 0 aliphatic heterocycles. The SMILES string of the molecule is [C-]#[N+]c1ccc(-c2c(OC(C)(C)C(=O)O)ccc3nsnc23)cc1. The van der Waals surface area contributed by atoms with Gasteiger partial charge in [-0.25, -0.2) is 9.64 Å². The van der Waals surface area contributed by atoms with E-state index in [1.165, 1.54) is 13.8 Å². The van der Waals surface area contributed by atoms with E-state index < -0.39 is 11.6 Å². The molecule has 3 aromatic rings. The van der Waals surface area contributed by atoms with E-state index >= 15 is 0 Å². The Morgan fingerprint density at radius 1 is 1.21 bits per heavy atom. The molecule has 6 nitrogen and oxygen atoms in total. The molecular weight excluding hydrogens is 326 g/mol. The number of carbonyl (C=O) groups is 1. The monoisotopic (exact) mass is 339 g/mol. The second-order valence-electron chi connectivity index (χ2n) is 5.65. The van der Waals surface area contributed by atoms with Crippen LogP contribution in [0.4, 0.5) is 5.69 Å². The molecule has 0 spiro atoms. The van der Waals surface area contributed by atoms with Crippen molar-refractivity contribution in [2.75, 3.05) is 0 Å². The van der Waals surface area contributed by atoms with E-state index in [1.54, 1.807) is 36.4 Å². The molecule has 3 rings (SSSR count). The molecular formula is C17H13N3O3S. The van der Waals surface area contributed by atoms with E-state index in [0.29, 0.717) is 28.0 Å². The third kappa shape index (κ3) is 2.79. The highest BCUT2D eigenvalue weighted by Gasteiger charge is 2.31. The predicted molar refractivity (Wildman–Crippen MR) is 91.5 cm³/mol. The van der Waals surface area contributed by atoms with Crippen LogP contribution in [0.5, 0.6) is 5.75 Å². The van der Waals surface area contributed by atoms with Crippen molar-refractivity contribution in [3.8, 4) is 16.9 Å². The molecule has 0 unspecified atom stereocenters. The first-order valence-electron chi connectivity index (χ1n) is 7.08. The molecule has 24 heavy (non-hydrogen) atoms. The highest BCUT2D eigenvalue weighted by atomic mass is 32.1. The standard InChI is InChI=1S/C17H13N3O3S/c1-17(2,16(21)22)23-13-9-8-12-15(20-24-19-12)14(13)10-4-6-11(18-3)7-5-10/h4-9H,1-2H3,(H,21,22). The lowest BCUT2D eigenvalue weighted by molar-refractivity contribution is -0.152. The zero-order valence-corrected chi connectivity index (χ0v) is 13.8. The van der Waals surface area contributed by atoms with Crippen LogP contribution < -0.4 is 4.74 Å². The molecule has 0 aliphatic rings. The Labute approximate surface area is 142 Å². The van der Waals surface area contributed by atoms with Gasteiger partial charge in [0.25, 0.3) is 0 Å². The van der Waals surface area contributed by atoms with Crippen LogP contribution in [-0.4, -0.2) is 25.4 Å². The van der Waals surface area contributed by atoms with Gasteiger partial charge >= 0.3 is 5.97 Å². The maximum absolute atomic E-state index is 11.4. The number of fused-ring (bicyclic) bond motifs is 1. The molecule has 0 atom stereocenters. The molecule has 0 aliphatic carbocycles. The zero-order chi connectivity index (χ0) is 17.3. The van der Waals surface area contributed by atoms with Crippen molar-refractivity contribution in [3.05, 3.63) is 47.8 Å². The predicted octanol–water partition coefficient (Wildman–Crippen LogP) is 4.15. The number of carboxylic acid groups (broad SMARTS) is 1. The number of rotatable bonds is 4. The van der Waals surface area contributed by atoms with Gasteiger partial charge in [-0.05, 0) is 31.5 Å². The maximum Gasteiger partial charge on any atom is 0.347 e. The van der Waals surface area contributed by atoms with Crippen molar-refractivity contribution in [1.29, 1.82) is 0 Å². The summed E-state index contributed by atoms with van der Waals surface area (Å²) in [5, 5.41) is 9.32. The van der Waals surface area contributed by atoms with Crippen LogP contribution in [0.1, 0.15) is 13.8 Å². The summed E-state index contributed by atoms with van der Waals surface area (Å²) in [4.78, 5) is 14.8. The summed E-state index contributed by atoms with van der Waals surface area (Å²) in [6, 6.07) is 10.4. The minimum Gasteiger partial charge on any atom is -0.478 e. The van der Waals surface area contributed by atoms with E-state index in [2.05, 4.69) is 13.6 Å². The lowest BCUT2D eigenvalue weighted by Gasteiger charge is -2.23. The molecule has 1 aromatic heterocycles. The largest absolute Gasteiger partial charge is 0.478 e. The van der Waals surface area contributed by atoms with Gasteiger partial charge in [0.15, 0.2) is 11.3 Å². The van der Waals surface area contributed by atoms with Crippen molar-refractivity contribution in [2.45, 2.75) is 19.4 Å². The van der Waals surface area contributed by atoms with Gasteiger partial charge in [0.1, 0.15) is 16.8 Å². The van der Waals surface area contributed by atoms with Crippen LogP contribution in [0, 0.1) is 6.57 Å². The highest BCUT2D eigenvalue weighted by molar-refractivity contribution is 7.00. The van der Waals surface area contributed by atoms with Crippen molar-refractivity contribution >= 4 is 34.4 Å². The topological polar surface area (TPSA) is 76.7 Å². The van der Waals surface area contributed by atoms with Gasteiger partial charge in [-0.3, -0.25) is 0 Å². The van der Waals surface area contributed by atoms with Gasteiger partial charge in [-0.15, -0.1) is 0 Å². The van der Waals surface area contributed by atoms with Crippen molar-refractivity contribution < 1.29 is 14.6 Å². The van der Waals surface area contributed by atoms with Crippen molar-refractivity contribution in [1.82, 2.24) is 8.75 Å². The average molecular weight is 339 g/mol. The molecule has 0 amide bonds. The fourth-order valence-electron chi connectivity index (χ4n) is 2.22. The van der Waals surface area contributed by atoms with Gasteiger partial charge in [0.05, 0.1) is 23.9 Å². The van der Waals surface area contributed by atoms with E-state index in [4.69, 9.17) is 11.3 Å². The Morgan fingerprint density at radius 2 is 1.92 bits per heavy atom. The minimum absolute atomic E-state index is 0.415. The van der Waals surface area contributed by atoms with E-state index in [1.807, 2.05) is 0 Å². The van der Waals surface area contributed by atoms with E-state index in [-0.39, 0.29) is 0 Å². The van der Waals surface area contributed by atoms with Crippen molar-refractivity contribution in [3.63, 3.8) is 0 Å². The highest BCUT2D eigenvalue weighted by Crippen LogP contribution is 2.38. The smallest absolute Gasteiger partial charge is 0.347 e. The van der Waals surface area contributed by atoms with Gasteiger partial charge < -0.3 is 9.84 Å². The van der Waals surface area contributed by atoms with Gasteiger partial charge in [-0.1, -0.05) is 24.3 Å². The number of hydrogen-bond donors (Lipinski definition) is 1. The summed E-state index contributed by atoms with van der Waals surface area (Å²) in [6.45, 7) is 10.0. The summed E-state index contributed by atoms with van der Waals surface area (Å²) in [5.74, 6) is -0.647. The normalized spacial score (nSPS) is 11.2. The molecule has 1 N–H and O–H groups in total. The Balaban J connectivity index is 2.19. The Kier molecular flexibility index (Phi) is 3.91. The summed E-state index contributed by atoms with van der Waals surface area (Å²) in [7, 11) is 0. The summed E-state index contributed by atoms with van der Waals surface area (Å²) < 4.78 is 14.3. The number of hydrogen-bond acceptors (Lipinski definition) is 5. The van der Waals surface area contributed by atoms with E-state index in [9.17, 15) is 9.90 Å². The van der Waals surface area contributed by atoms with Crippen LogP contribution >= 0.6 is 11.7 Å². The third-order valence-corrected chi connectivity index (χ3v) is 4.10. The lowest BCUT2D eigenvalue weighted by Crippen LogP contribution is -2.38. The summed E-state index contributed by atoms with van der Waals surface area (Å²) in [5.41, 5.74) is 1.96. The molecule has 0 bridgehead atoms. The van der Waals surface area contributed by atoms with E-state index in [0.717, 1.165) is 17.3 Å². The molecule has 0 fully saturated rings. The fraction of sp³-hybridized carbons (Fsp3) is 0.176. The zero-order valence-electron chi connectivity index (χ0n) is 13.0. The lowest BCUT2D eigenvalue weighted by atomic mass is 10.0. The Morgan fingerprint density at radius 3 is 2.54 bits per heavy atom. The van der Waals surface area contributed by atoms with Crippen molar-refractivity contribution in [2.24, 2.45) is 0 Å². The molecule has 120 valence electrons. The molecule has 0 radical (unpaired) electrons. The molecule has 7 heteroatoms. The maximum atomic E-state index is 11.4. The van der Waals surface area contributed by atoms with Crippen LogP contribution in [0.25, 0.3) is 27.0 Å². The number of benzene rings is 2. The van der Waals surface area contributed by atoms with Gasteiger partial charge in [0.2, 0.25) is 0 Å². The first-order chi connectivity index (χ1) is 11.4. The fourth-order valence-corrected chi connectivity index (χ4v) is 2.76. The van der Waals surface area contributed by atoms with Crippen LogP contribution in [-0.2, 0) is 4.79 Å². The first kappa shape index (κ1) is 15.9. The number of ether oxygens (including phenoxy) is 1. The third-order valence-electron chi connectivity index (χ3n) is 3.55. The number of nitrogens with zero attached hydrogens (tertiary/aromatic N) is 3. The number of aliphatic carboxylic acids is 1. The minimum atomic E-state index is -1.39. The molecule has 0 saturated carbocycles. The summed E-state index contributed by atoms with van der Waals surface area (Å²) >= 11 is 1.08. The average Bonchev–Trinajstić information content (AvgIpc) is 3.03. The number of carboxylic acids is 1. The van der Waals surface area contributed by atoms with Crippen LogP contribution in [0.15, 0.2) is 36.4 Å². The summed E-state index contributed by atoms with van der Waals surface area (Å²) in [6.07, 6.45) is 0. The van der Waals surface area contributed by atoms with Gasteiger partial charge in [-0.2, -0.15) is 8.75 Å². The van der Waals surface area contributed by atoms with Crippen LogP contribution in [0.3, 0.4) is 0 Å². The quantitative estimate of drug-likeness (QED) is 0.723. The van der Waals surface area contributed by atoms with Gasteiger partial charge in [0, 0.05) is 0 Å². The number of aromatic nitrogens is 2. The first-order valence-corrected chi connectivity index (χ1v) is 7.81.